The summed E-state index contributed by atoms with van der Waals surface area (Å²) in [5.41, 5.74) is -0.515. The van der Waals surface area contributed by atoms with Crippen molar-refractivity contribution >= 4 is 23.6 Å². The number of carbonyl (C=O) groups excluding carboxylic acids is 2. The van der Waals surface area contributed by atoms with Crippen molar-refractivity contribution in [1.82, 2.24) is 10.2 Å². The van der Waals surface area contributed by atoms with Crippen molar-refractivity contribution in [3.8, 4) is 0 Å². The molecule has 1 spiro atoms. The molecule has 1 atom stereocenters. The molecule has 1 unspecified atom stereocenters. The van der Waals surface area contributed by atoms with E-state index in [2.05, 4.69) is 12.2 Å². The van der Waals surface area contributed by atoms with Crippen LogP contribution in [0.1, 0.15) is 51.9 Å². The molecule has 3 fully saturated rings. The van der Waals surface area contributed by atoms with Gasteiger partial charge in [0, 0.05) is 6.54 Å². The Labute approximate surface area is 131 Å². The van der Waals surface area contributed by atoms with Gasteiger partial charge < -0.3 is 10.2 Å². The molecule has 0 aromatic rings. The number of hydrogen-bond acceptors (Lipinski definition) is 3. The summed E-state index contributed by atoms with van der Waals surface area (Å²) < 4.78 is 0. The molecule has 0 bridgehead atoms. The second-order valence-electron chi connectivity index (χ2n) is 6.57. The fourth-order valence-electron chi connectivity index (χ4n) is 3.84. The molecule has 1 aliphatic heterocycles. The first-order valence-electron chi connectivity index (χ1n) is 8.39. The second kappa shape index (κ2) is 6.19. The molecule has 118 valence electrons. The van der Waals surface area contributed by atoms with E-state index in [1.54, 1.807) is 0 Å². The minimum atomic E-state index is -0.515. The quantitative estimate of drug-likeness (QED) is 0.765. The van der Waals surface area contributed by atoms with E-state index in [-0.39, 0.29) is 17.9 Å². The van der Waals surface area contributed by atoms with Crippen molar-refractivity contribution in [2.24, 2.45) is 5.92 Å². The Bertz CT molecular complexity index is 417. The third-order valence-corrected chi connectivity index (χ3v) is 6.14. The van der Waals surface area contributed by atoms with Gasteiger partial charge in [-0.2, -0.15) is 11.8 Å². The number of nitrogens with zero attached hydrogens (tertiary/aromatic N) is 1. The summed E-state index contributed by atoms with van der Waals surface area (Å²) in [7, 11) is 0. The number of hydrogen-bond donors (Lipinski definition) is 1. The summed E-state index contributed by atoms with van der Waals surface area (Å²) in [5.74, 6) is 2.91. The molecule has 1 N–H and O–H groups in total. The fraction of sp³-hybridized carbons (Fsp3) is 0.875. The van der Waals surface area contributed by atoms with Gasteiger partial charge >= 0.3 is 0 Å². The van der Waals surface area contributed by atoms with Gasteiger partial charge in [-0.1, -0.05) is 19.8 Å². The highest BCUT2D eigenvalue weighted by atomic mass is 32.2. The topological polar surface area (TPSA) is 49.4 Å². The normalized spacial score (nSPS) is 28.2. The van der Waals surface area contributed by atoms with Gasteiger partial charge in [0.15, 0.2) is 0 Å². The first-order chi connectivity index (χ1) is 10.2. The van der Waals surface area contributed by atoms with Gasteiger partial charge in [-0.15, -0.1) is 0 Å². The number of piperazine rings is 1. The lowest BCUT2D eigenvalue weighted by Crippen LogP contribution is -2.70. The highest BCUT2D eigenvalue weighted by Crippen LogP contribution is 2.42. The first kappa shape index (κ1) is 15.2. The average molecular weight is 310 g/mol. The third-order valence-electron chi connectivity index (χ3n) is 5.16. The molecule has 2 amide bonds. The molecule has 4 nitrogen and oxygen atoms in total. The maximum Gasteiger partial charge on any atom is 0.246 e. The number of thioether (sulfide) groups is 1. The summed E-state index contributed by atoms with van der Waals surface area (Å²) in [4.78, 5) is 27.5. The number of nitrogens with one attached hydrogen (secondary N) is 1. The van der Waals surface area contributed by atoms with Crippen LogP contribution in [0.5, 0.6) is 0 Å². The zero-order valence-electron chi connectivity index (χ0n) is 12.9. The lowest BCUT2D eigenvalue weighted by molar-refractivity contribution is -0.158. The molecule has 5 heteroatoms. The van der Waals surface area contributed by atoms with Crippen LogP contribution >= 0.6 is 11.8 Å². The molecule has 1 heterocycles. The Kier molecular flexibility index (Phi) is 4.48. The number of amides is 2. The Morgan fingerprint density at radius 3 is 2.62 bits per heavy atom. The van der Waals surface area contributed by atoms with Crippen molar-refractivity contribution in [3.05, 3.63) is 0 Å². The van der Waals surface area contributed by atoms with Crippen molar-refractivity contribution in [3.63, 3.8) is 0 Å². The third kappa shape index (κ3) is 2.81. The molecular formula is C16H26N2O2S. The lowest BCUT2D eigenvalue weighted by Gasteiger charge is -2.46. The van der Waals surface area contributed by atoms with Crippen LogP contribution in [0.15, 0.2) is 0 Å². The van der Waals surface area contributed by atoms with Crippen molar-refractivity contribution in [2.75, 3.05) is 18.1 Å². The van der Waals surface area contributed by atoms with Crippen LogP contribution in [0.25, 0.3) is 0 Å². The summed E-state index contributed by atoms with van der Waals surface area (Å²) in [6.45, 7) is 2.91. The molecule has 0 aromatic carbocycles. The van der Waals surface area contributed by atoms with Gasteiger partial charge in [0.2, 0.25) is 11.8 Å². The van der Waals surface area contributed by atoms with Crippen LogP contribution < -0.4 is 5.32 Å². The zero-order chi connectivity index (χ0) is 14.9. The van der Waals surface area contributed by atoms with E-state index in [0.29, 0.717) is 5.92 Å². The molecule has 1 saturated heterocycles. The highest BCUT2D eigenvalue weighted by molar-refractivity contribution is 7.99. The van der Waals surface area contributed by atoms with E-state index in [1.807, 2.05) is 16.7 Å². The lowest BCUT2D eigenvalue weighted by atomic mass is 9.88. The Morgan fingerprint density at radius 1 is 1.29 bits per heavy atom. The molecule has 3 rings (SSSR count). The van der Waals surface area contributed by atoms with E-state index < -0.39 is 5.54 Å². The summed E-state index contributed by atoms with van der Waals surface area (Å²) in [5, 5.41) is 3.06. The van der Waals surface area contributed by atoms with Crippen molar-refractivity contribution in [1.29, 1.82) is 0 Å². The number of carbonyl (C=O) groups is 2. The predicted molar refractivity (Wildman–Crippen MR) is 85.2 cm³/mol. The SMILES string of the molecule is CCSCCCN1C(=O)C(C2CC2)NC(=O)C12CCCC2. The van der Waals surface area contributed by atoms with Gasteiger partial charge in [-0.3, -0.25) is 9.59 Å². The monoisotopic (exact) mass is 310 g/mol. The van der Waals surface area contributed by atoms with Gasteiger partial charge in [0.1, 0.15) is 11.6 Å². The van der Waals surface area contributed by atoms with Gasteiger partial charge in [0.25, 0.3) is 0 Å². The van der Waals surface area contributed by atoms with E-state index in [9.17, 15) is 9.59 Å². The molecule has 3 aliphatic rings. The van der Waals surface area contributed by atoms with Crippen LogP contribution in [0.3, 0.4) is 0 Å². The summed E-state index contributed by atoms with van der Waals surface area (Å²) >= 11 is 1.91. The fourth-order valence-corrected chi connectivity index (χ4v) is 4.46. The average Bonchev–Trinajstić information content (AvgIpc) is 3.20. The molecule has 2 aliphatic carbocycles. The zero-order valence-corrected chi connectivity index (χ0v) is 13.7. The summed E-state index contributed by atoms with van der Waals surface area (Å²) in [6, 6.07) is -0.234. The van der Waals surface area contributed by atoms with Gasteiger partial charge in [-0.25, -0.2) is 0 Å². The molecule has 0 aromatic heterocycles. The van der Waals surface area contributed by atoms with Crippen molar-refractivity contribution < 1.29 is 9.59 Å². The van der Waals surface area contributed by atoms with Crippen LogP contribution in [-0.4, -0.2) is 46.3 Å². The number of rotatable bonds is 6. The van der Waals surface area contributed by atoms with Crippen LogP contribution in [0.4, 0.5) is 0 Å². The minimum absolute atomic E-state index is 0.125. The Balaban J connectivity index is 1.74. The van der Waals surface area contributed by atoms with Gasteiger partial charge in [-0.05, 0) is 49.5 Å². The highest BCUT2D eigenvalue weighted by Gasteiger charge is 2.55. The van der Waals surface area contributed by atoms with E-state index in [4.69, 9.17) is 0 Å². The molecular weight excluding hydrogens is 284 g/mol. The van der Waals surface area contributed by atoms with Gasteiger partial charge in [0.05, 0.1) is 0 Å². The first-order valence-corrected chi connectivity index (χ1v) is 9.55. The maximum absolute atomic E-state index is 12.9. The largest absolute Gasteiger partial charge is 0.342 e. The smallest absolute Gasteiger partial charge is 0.246 e. The van der Waals surface area contributed by atoms with Crippen LogP contribution in [0.2, 0.25) is 0 Å². The Morgan fingerprint density at radius 2 is 2.00 bits per heavy atom. The molecule has 0 radical (unpaired) electrons. The van der Waals surface area contributed by atoms with Crippen LogP contribution in [-0.2, 0) is 9.59 Å². The molecule has 21 heavy (non-hydrogen) atoms. The van der Waals surface area contributed by atoms with E-state index >= 15 is 0 Å². The van der Waals surface area contributed by atoms with E-state index in [1.165, 1.54) is 0 Å². The van der Waals surface area contributed by atoms with Crippen LogP contribution in [0, 0.1) is 5.92 Å². The summed E-state index contributed by atoms with van der Waals surface area (Å²) in [6.07, 6.45) is 7.00. The predicted octanol–water partition coefficient (Wildman–Crippen LogP) is 2.18. The van der Waals surface area contributed by atoms with Crippen molar-refractivity contribution in [2.45, 2.75) is 63.5 Å². The van der Waals surface area contributed by atoms with E-state index in [0.717, 1.165) is 63.0 Å². The second-order valence-corrected chi connectivity index (χ2v) is 7.96. The Hall–Kier alpha value is -0.710. The minimum Gasteiger partial charge on any atom is -0.342 e. The standard InChI is InChI=1S/C16H26N2O2S/c1-2-21-11-5-10-18-14(19)13(12-6-7-12)17-15(20)16(18)8-3-4-9-16/h12-13H,2-11H2,1H3,(H,17,20). The maximum atomic E-state index is 12.9. The molecule has 2 saturated carbocycles.